The third-order valence-electron chi connectivity index (χ3n) is 3.09. The predicted octanol–water partition coefficient (Wildman–Crippen LogP) is 2.44. The molecule has 1 aliphatic rings. The summed E-state index contributed by atoms with van der Waals surface area (Å²) in [6, 6.07) is 0.577. The lowest BCUT2D eigenvalue weighted by molar-refractivity contribution is 0.173. The Balaban J connectivity index is 2.08. The summed E-state index contributed by atoms with van der Waals surface area (Å²) in [6.45, 7) is 1.98. The summed E-state index contributed by atoms with van der Waals surface area (Å²) in [7, 11) is 0. The van der Waals surface area contributed by atoms with E-state index in [-0.39, 0.29) is 6.10 Å². The third-order valence-corrected chi connectivity index (χ3v) is 3.09. The molecule has 1 aromatic heterocycles. The second-order valence-electron chi connectivity index (χ2n) is 4.12. The topological polar surface area (TPSA) is 38.1 Å². The lowest BCUT2D eigenvalue weighted by Crippen LogP contribution is -2.04. The number of hydrogen-bond donors (Lipinski definition) is 1. The molecule has 1 atom stereocenters. The van der Waals surface area contributed by atoms with Crippen LogP contribution in [0.2, 0.25) is 0 Å². The zero-order valence-corrected chi connectivity index (χ0v) is 8.69. The van der Waals surface area contributed by atoms with Crippen LogP contribution in [0, 0.1) is 0 Å². The molecule has 0 radical (unpaired) electrons. The maximum atomic E-state index is 9.63. The summed E-state index contributed by atoms with van der Waals surface area (Å²) in [5, 5.41) is 14.0. The van der Waals surface area contributed by atoms with Crippen molar-refractivity contribution >= 4 is 0 Å². The van der Waals surface area contributed by atoms with Crippen molar-refractivity contribution in [3.05, 3.63) is 18.0 Å². The molecule has 2 rings (SSSR count). The fourth-order valence-electron chi connectivity index (χ4n) is 2.13. The number of nitrogens with zero attached hydrogens (tertiary/aromatic N) is 2. The molecule has 78 valence electrons. The number of hydrogen-bond acceptors (Lipinski definition) is 2. The van der Waals surface area contributed by atoms with Gasteiger partial charge in [-0.2, -0.15) is 5.10 Å². The van der Waals surface area contributed by atoms with E-state index in [2.05, 4.69) is 5.10 Å². The second kappa shape index (κ2) is 4.13. The monoisotopic (exact) mass is 194 g/mol. The molecule has 1 aromatic rings. The minimum Gasteiger partial charge on any atom is -0.388 e. The zero-order chi connectivity index (χ0) is 9.97. The summed E-state index contributed by atoms with van der Waals surface area (Å²) in [5.74, 6) is 0. The first-order chi connectivity index (χ1) is 6.81. The van der Waals surface area contributed by atoms with E-state index in [1.54, 1.807) is 6.20 Å². The van der Waals surface area contributed by atoms with Crippen LogP contribution in [0.1, 0.15) is 56.7 Å². The smallest absolute Gasteiger partial charge is 0.0817 e. The first-order valence-electron chi connectivity index (χ1n) is 5.53. The van der Waals surface area contributed by atoms with Crippen molar-refractivity contribution in [2.45, 2.75) is 51.2 Å². The number of aromatic nitrogens is 2. The largest absolute Gasteiger partial charge is 0.388 e. The van der Waals surface area contributed by atoms with Gasteiger partial charge in [0.1, 0.15) is 0 Å². The molecule has 0 aromatic carbocycles. The SMILES string of the molecule is CCC(O)c1cnn(C2CCCC2)c1. The molecule has 0 spiro atoms. The van der Waals surface area contributed by atoms with Gasteiger partial charge in [0.15, 0.2) is 0 Å². The van der Waals surface area contributed by atoms with E-state index in [0.717, 1.165) is 12.0 Å². The molecule has 0 amide bonds. The van der Waals surface area contributed by atoms with Crippen LogP contribution in [0.5, 0.6) is 0 Å². The maximum Gasteiger partial charge on any atom is 0.0817 e. The minimum atomic E-state index is -0.342. The highest BCUT2D eigenvalue weighted by Crippen LogP contribution is 2.29. The van der Waals surface area contributed by atoms with Gasteiger partial charge < -0.3 is 5.11 Å². The van der Waals surface area contributed by atoms with Gasteiger partial charge in [0.2, 0.25) is 0 Å². The summed E-state index contributed by atoms with van der Waals surface area (Å²) in [5.41, 5.74) is 0.958. The lowest BCUT2D eigenvalue weighted by Gasteiger charge is -2.09. The van der Waals surface area contributed by atoms with Gasteiger partial charge in [-0.15, -0.1) is 0 Å². The van der Waals surface area contributed by atoms with Crippen LogP contribution in [-0.4, -0.2) is 14.9 Å². The fraction of sp³-hybridized carbons (Fsp3) is 0.727. The molecule has 3 nitrogen and oxygen atoms in total. The van der Waals surface area contributed by atoms with E-state index in [9.17, 15) is 5.11 Å². The van der Waals surface area contributed by atoms with Crippen molar-refractivity contribution < 1.29 is 5.11 Å². The van der Waals surface area contributed by atoms with Crippen LogP contribution in [0.25, 0.3) is 0 Å². The number of aliphatic hydroxyl groups is 1. The van der Waals surface area contributed by atoms with Crippen molar-refractivity contribution in [3.63, 3.8) is 0 Å². The highest BCUT2D eigenvalue weighted by atomic mass is 16.3. The zero-order valence-electron chi connectivity index (χ0n) is 8.69. The van der Waals surface area contributed by atoms with Gasteiger partial charge in [-0.25, -0.2) is 0 Å². The van der Waals surface area contributed by atoms with Gasteiger partial charge in [-0.05, 0) is 19.3 Å². The predicted molar refractivity (Wildman–Crippen MR) is 55.0 cm³/mol. The molecule has 3 heteroatoms. The Labute approximate surface area is 84.7 Å². The van der Waals surface area contributed by atoms with E-state index in [4.69, 9.17) is 0 Å². The van der Waals surface area contributed by atoms with E-state index in [1.807, 2.05) is 17.8 Å². The van der Waals surface area contributed by atoms with E-state index in [0.29, 0.717) is 6.04 Å². The van der Waals surface area contributed by atoms with Crippen LogP contribution >= 0.6 is 0 Å². The molecule has 1 saturated carbocycles. The third kappa shape index (κ3) is 1.82. The minimum absolute atomic E-state index is 0.342. The fourth-order valence-corrected chi connectivity index (χ4v) is 2.13. The Morgan fingerprint density at radius 3 is 2.93 bits per heavy atom. The van der Waals surface area contributed by atoms with Crippen molar-refractivity contribution in [1.82, 2.24) is 9.78 Å². The Morgan fingerprint density at radius 1 is 1.57 bits per heavy atom. The molecule has 1 N–H and O–H groups in total. The van der Waals surface area contributed by atoms with Gasteiger partial charge in [0.05, 0.1) is 18.3 Å². The molecule has 0 bridgehead atoms. The second-order valence-corrected chi connectivity index (χ2v) is 4.12. The first-order valence-corrected chi connectivity index (χ1v) is 5.53. The van der Waals surface area contributed by atoms with E-state index >= 15 is 0 Å². The number of aliphatic hydroxyl groups excluding tert-OH is 1. The molecule has 1 heterocycles. The molecule has 0 saturated heterocycles. The molecular formula is C11H18N2O. The van der Waals surface area contributed by atoms with Gasteiger partial charge in [-0.1, -0.05) is 19.8 Å². The first kappa shape index (κ1) is 9.71. The molecule has 1 aliphatic carbocycles. The Bertz CT molecular complexity index is 289. The molecule has 1 unspecified atom stereocenters. The van der Waals surface area contributed by atoms with E-state index < -0.39 is 0 Å². The summed E-state index contributed by atoms with van der Waals surface area (Å²) in [6.07, 6.45) is 9.33. The summed E-state index contributed by atoms with van der Waals surface area (Å²) >= 11 is 0. The molecular weight excluding hydrogens is 176 g/mol. The standard InChI is InChI=1S/C11H18N2O/c1-2-11(14)9-7-12-13(8-9)10-5-3-4-6-10/h7-8,10-11,14H,2-6H2,1H3. The maximum absolute atomic E-state index is 9.63. The molecule has 14 heavy (non-hydrogen) atoms. The van der Waals surface area contributed by atoms with Crippen molar-refractivity contribution in [2.75, 3.05) is 0 Å². The summed E-state index contributed by atoms with van der Waals surface area (Å²) in [4.78, 5) is 0. The highest BCUT2D eigenvalue weighted by Gasteiger charge is 2.18. The van der Waals surface area contributed by atoms with Crippen LogP contribution < -0.4 is 0 Å². The van der Waals surface area contributed by atoms with E-state index in [1.165, 1.54) is 25.7 Å². The quantitative estimate of drug-likeness (QED) is 0.802. The lowest BCUT2D eigenvalue weighted by atomic mass is 10.1. The van der Waals surface area contributed by atoms with Crippen molar-refractivity contribution in [2.24, 2.45) is 0 Å². The normalized spacial score (nSPS) is 20.1. The average molecular weight is 194 g/mol. The van der Waals surface area contributed by atoms with Crippen LogP contribution in [0.4, 0.5) is 0 Å². The van der Waals surface area contributed by atoms with Crippen molar-refractivity contribution in [3.8, 4) is 0 Å². The van der Waals surface area contributed by atoms with Gasteiger partial charge in [0, 0.05) is 11.8 Å². The highest BCUT2D eigenvalue weighted by molar-refractivity contribution is 5.08. The Hall–Kier alpha value is -0.830. The van der Waals surface area contributed by atoms with Crippen molar-refractivity contribution in [1.29, 1.82) is 0 Å². The molecule has 1 fully saturated rings. The Morgan fingerprint density at radius 2 is 2.29 bits per heavy atom. The number of rotatable bonds is 3. The van der Waals surface area contributed by atoms with Gasteiger partial charge in [-0.3, -0.25) is 4.68 Å². The molecule has 0 aliphatic heterocycles. The van der Waals surface area contributed by atoms with Crippen LogP contribution in [-0.2, 0) is 0 Å². The van der Waals surface area contributed by atoms with Gasteiger partial charge in [0.25, 0.3) is 0 Å². The van der Waals surface area contributed by atoms with Crippen LogP contribution in [0.15, 0.2) is 12.4 Å². The van der Waals surface area contributed by atoms with Crippen LogP contribution in [0.3, 0.4) is 0 Å². The van der Waals surface area contributed by atoms with Gasteiger partial charge >= 0.3 is 0 Å². The average Bonchev–Trinajstić information content (AvgIpc) is 2.86. The summed E-state index contributed by atoms with van der Waals surface area (Å²) < 4.78 is 2.03. The Kier molecular flexibility index (Phi) is 2.87.